The highest BCUT2D eigenvalue weighted by molar-refractivity contribution is 6.01. The molecule has 12 heavy (non-hydrogen) atoms. The quantitative estimate of drug-likeness (QED) is 0.562. The summed E-state index contributed by atoms with van der Waals surface area (Å²) in [4.78, 5) is 0. The van der Waals surface area contributed by atoms with Crippen LogP contribution in [0.15, 0.2) is 23.4 Å². The summed E-state index contributed by atoms with van der Waals surface area (Å²) in [7, 11) is 1.88. The Hall–Kier alpha value is -1.09. The van der Waals surface area contributed by atoms with Crippen molar-refractivity contribution in [2.45, 2.75) is 6.92 Å². The van der Waals surface area contributed by atoms with E-state index in [4.69, 9.17) is 11.1 Å². The summed E-state index contributed by atoms with van der Waals surface area (Å²) in [6.45, 7) is 2.78. The molecule has 3 nitrogen and oxygen atoms in total. The molecule has 0 fully saturated rings. The molecule has 0 heterocycles. The molecule has 0 aromatic rings. The Morgan fingerprint density at radius 2 is 2.33 bits per heavy atom. The molecule has 66 valence electrons. The van der Waals surface area contributed by atoms with Gasteiger partial charge in [0.2, 0.25) is 0 Å². The van der Waals surface area contributed by atoms with E-state index in [-0.39, 0.29) is 5.92 Å². The van der Waals surface area contributed by atoms with Gasteiger partial charge in [-0.05, 0) is 20.0 Å². The van der Waals surface area contributed by atoms with Crippen LogP contribution in [-0.4, -0.2) is 19.3 Å². The summed E-state index contributed by atoms with van der Waals surface area (Å²) < 4.78 is 0. The topological polar surface area (TPSA) is 61.9 Å². The zero-order valence-corrected chi connectivity index (χ0v) is 7.52. The highest BCUT2D eigenvalue weighted by Crippen LogP contribution is 2.15. The van der Waals surface area contributed by atoms with E-state index in [2.05, 4.69) is 11.4 Å². The zero-order chi connectivity index (χ0) is 9.14. The van der Waals surface area contributed by atoms with Gasteiger partial charge < -0.3 is 16.5 Å². The Kier molecular flexibility index (Phi) is 2.65. The second kappa shape index (κ2) is 3.54. The lowest BCUT2D eigenvalue weighted by atomic mass is 9.92. The van der Waals surface area contributed by atoms with Crippen molar-refractivity contribution in [1.29, 1.82) is 5.41 Å². The van der Waals surface area contributed by atoms with Gasteiger partial charge in [-0.15, -0.1) is 0 Å². The highest BCUT2D eigenvalue weighted by atomic mass is 14.8. The van der Waals surface area contributed by atoms with Gasteiger partial charge in [-0.1, -0.05) is 11.6 Å². The second-order valence-electron chi connectivity index (χ2n) is 3.09. The van der Waals surface area contributed by atoms with Crippen molar-refractivity contribution in [1.82, 2.24) is 5.32 Å². The van der Waals surface area contributed by atoms with E-state index in [0.29, 0.717) is 11.4 Å². The molecule has 0 amide bonds. The van der Waals surface area contributed by atoms with Crippen LogP contribution in [0.3, 0.4) is 0 Å². The van der Waals surface area contributed by atoms with E-state index in [9.17, 15) is 0 Å². The van der Waals surface area contributed by atoms with Crippen molar-refractivity contribution in [3.05, 3.63) is 23.4 Å². The molecule has 3 heteroatoms. The Morgan fingerprint density at radius 3 is 2.92 bits per heavy atom. The van der Waals surface area contributed by atoms with Gasteiger partial charge in [-0.25, -0.2) is 0 Å². The van der Waals surface area contributed by atoms with Gasteiger partial charge in [-0.2, -0.15) is 0 Å². The molecule has 1 aliphatic carbocycles. The molecule has 0 aromatic carbocycles. The van der Waals surface area contributed by atoms with E-state index in [0.717, 1.165) is 12.1 Å². The number of nitrogens with one attached hydrogen (secondary N) is 2. The van der Waals surface area contributed by atoms with Gasteiger partial charge >= 0.3 is 0 Å². The van der Waals surface area contributed by atoms with E-state index >= 15 is 0 Å². The minimum atomic E-state index is 0.139. The fraction of sp³-hybridized carbons (Fsp3) is 0.444. The molecule has 0 bridgehead atoms. The first-order valence-corrected chi connectivity index (χ1v) is 4.04. The van der Waals surface area contributed by atoms with Crippen LogP contribution in [-0.2, 0) is 0 Å². The molecule has 0 saturated heterocycles. The largest absolute Gasteiger partial charge is 0.397 e. The lowest BCUT2D eigenvalue weighted by molar-refractivity contribution is 0.719. The maximum Gasteiger partial charge on any atom is 0.0624 e. The third-order valence-corrected chi connectivity index (χ3v) is 1.95. The van der Waals surface area contributed by atoms with E-state index in [1.54, 1.807) is 0 Å². The monoisotopic (exact) mass is 165 g/mol. The number of hydrogen-bond acceptors (Lipinski definition) is 3. The van der Waals surface area contributed by atoms with Crippen LogP contribution in [0, 0.1) is 11.3 Å². The molecule has 1 rings (SSSR count). The molecule has 4 N–H and O–H groups in total. The van der Waals surface area contributed by atoms with Gasteiger partial charge in [-0.3, -0.25) is 0 Å². The minimum Gasteiger partial charge on any atom is -0.397 e. The Labute approximate surface area is 72.8 Å². The SMILES string of the molecule is CNCC1C=C(C)C=C(N)C1=N. The Morgan fingerprint density at radius 1 is 1.67 bits per heavy atom. The third kappa shape index (κ3) is 1.74. The van der Waals surface area contributed by atoms with Crippen molar-refractivity contribution in [2.75, 3.05) is 13.6 Å². The molecule has 0 spiro atoms. The normalized spacial score (nSPS) is 23.5. The summed E-state index contributed by atoms with van der Waals surface area (Å²) in [5.41, 5.74) is 7.92. The van der Waals surface area contributed by atoms with Gasteiger partial charge in [0.25, 0.3) is 0 Å². The number of hydrogen-bond donors (Lipinski definition) is 3. The third-order valence-electron chi connectivity index (χ3n) is 1.95. The lowest BCUT2D eigenvalue weighted by Gasteiger charge is -2.19. The van der Waals surface area contributed by atoms with Crippen LogP contribution in [0.25, 0.3) is 0 Å². The highest BCUT2D eigenvalue weighted by Gasteiger charge is 2.16. The Bertz CT molecular complexity index is 250. The van der Waals surface area contributed by atoms with Crippen LogP contribution in [0.1, 0.15) is 6.92 Å². The van der Waals surface area contributed by atoms with Crippen molar-refractivity contribution in [3.63, 3.8) is 0 Å². The first kappa shape index (κ1) is 9.00. The molecular weight excluding hydrogens is 150 g/mol. The first-order chi connectivity index (χ1) is 5.65. The maximum atomic E-state index is 7.67. The summed E-state index contributed by atoms with van der Waals surface area (Å²) >= 11 is 0. The predicted octanol–water partition coefficient (Wildman–Crippen LogP) is 0.644. The molecule has 1 aliphatic rings. The van der Waals surface area contributed by atoms with Gasteiger partial charge in [0.15, 0.2) is 0 Å². The van der Waals surface area contributed by atoms with Gasteiger partial charge in [0, 0.05) is 12.5 Å². The summed E-state index contributed by atoms with van der Waals surface area (Å²) in [5.74, 6) is 0.139. The van der Waals surface area contributed by atoms with Crippen LogP contribution < -0.4 is 11.1 Å². The fourth-order valence-electron chi connectivity index (χ4n) is 1.37. The van der Waals surface area contributed by atoms with E-state index < -0.39 is 0 Å². The molecule has 0 aliphatic heterocycles. The van der Waals surface area contributed by atoms with Crippen molar-refractivity contribution in [3.8, 4) is 0 Å². The fourth-order valence-corrected chi connectivity index (χ4v) is 1.37. The Balaban J connectivity index is 2.79. The second-order valence-corrected chi connectivity index (χ2v) is 3.09. The smallest absolute Gasteiger partial charge is 0.0624 e. The lowest BCUT2D eigenvalue weighted by Crippen LogP contribution is -2.30. The zero-order valence-electron chi connectivity index (χ0n) is 7.52. The van der Waals surface area contributed by atoms with Crippen LogP contribution >= 0.6 is 0 Å². The molecule has 0 radical (unpaired) electrons. The van der Waals surface area contributed by atoms with Crippen LogP contribution in [0.2, 0.25) is 0 Å². The molecule has 1 unspecified atom stereocenters. The van der Waals surface area contributed by atoms with Crippen molar-refractivity contribution in [2.24, 2.45) is 11.7 Å². The predicted molar refractivity (Wildman–Crippen MR) is 51.2 cm³/mol. The standard InChI is InChI=1S/C9H15N3/c1-6-3-7(5-12-2)9(11)8(10)4-6/h3-4,7,11-12H,5,10H2,1-2H3. The van der Waals surface area contributed by atoms with Gasteiger partial charge in [0.05, 0.1) is 11.4 Å². The summed E-state index contributed by atoms with van der Waals surface area (Å²) in [6, 6.07) is 0. The number of allylic oxidation sites excluding steroid dienone is 3. The molecule has 1 atom stereocenters. The maximum absolute atomic E-state index is 7.67. The number of rotatable bonds is 2. The van der Waals surface area contributed by atoms with E-state index in [1.807, 2.05) is 20.0 Å². The molecule has 0 saturated carbocycles. The summed E-state index contributed by atoms with van der Waals surface area (Å²) in [5, 5.41) is 10.7. The first-order valence-electron chi connectivity index (χ1n) is 4.04. The van der Waals surface area contributed by atoms with Crippen LogP contribution in [0.4, 0.5) is 0 Å². The minimum absolute atomic E-state index is 0.139. The van der Waals surface area contributed by atoms with Gasteiger partial charge in [0.1, 0.15) is 0 Å². The molecular formula is C9H15N3. The average molecular weight is 165 g/mol. The van der Waals surface area contributed by atoms with Crippen molar-refractivity contribution >= 4 is 5.71 Å². The van der Waals surface area contributed by atoms with E-state index in [1.165, 1.54) is 0 Å². The van der Waals surface area contributed by atoms with Crippen molar-refractivity contribution < 1.29 is 0 Å². The summed E-state index contributed by atoms with van der Waals surface area (Å²) in [6.07, 6.45) is 3.91. The molecule has 0 aromatic heterocycles. The van der Waals surface area contributed by atoms with Crippen LogP contribution in [0.5, 0.6) is 0 Å². The average Bonchev–Trinajstić information content (AvgIpc) is 2.00. The number of nitrogens with two attached hydrogens (primary N) is 1.